The molecular weight excluding hydrogens is 444 g/mol. The van der Waals surface area contributed by atoms with E-state index in [1.165, 1.54) is 0 Å². The number of nitrogens with zero attached hydrogens (tertiary/aromatic N) is 5. The number of para-hydroxylation sites is 1. The Labute approximate surface area is 201 Å². The monoisotopic (exact) mass is 470 g/mol. The lowest BCUT2D eigenvalue weighted by atomic mass is 10.1. The fourth-order valence-corrected chi connectivity index (χ4v) is 4.87. The van der Waals surface area contributed by atoms with E-state index >= 15 is 0 Å². The van der Waals surface area contributed by atoms with Crippen LogP contribution in [0.4, 0.5) is 17.3 Å². The predicted molar refractivity (Wildman–Crippen MR) is 137 cm³/mol. The standard InChI is InChI=1S/C26H26N6O3/c1-30-22-15-27-26(29-24(22)32-20-6-4-3-5-16(20)13-21(32)25(30)34)28-19-8-7-17(14-23(19)35-2)31-11-9-18(33)10-12-31/h3-8,13-15,18,33H,9-12H2,1-2H3,(H,27,28,29). The predicted octanol–water partition coefficient (Wildman–Crippen LogP) is 3.45. The number of hydrogen-bond donors (Lipinski definition) is 2. The minimum Gasteiger partial charge on any atom is -0.494 e. The van der Waals surface area contributed by atoms with Gasteiger partial charge in [0, 0.05) is 37.3 Å². The lowest BCUT2D eigenvalue weighted by molar-refractivity contribution is 0.145. The zero-order chi connectivity index (χ0) is 24.1. The molecule has 0 unspecified atom stereocenters. The van der Waals surface area contributed by atoms with Crippen LogP contribution in [0.25, 0.3) is 27.6 Å². The van der Waals surface area contributed by atoms with Crippen LogP contribution in [0.2, 0.25) is 0 Å². The molecule has 2 N–H and O–H groups in total. The molecule has 3 aromatic heterocycles. The Bertz CT molecular complexity index is 1630. The Morgan fingerprint density at radius 3 is 2.66 bits per heavy atom. The average Bonchev–Trinajstić information content (AvgIpc) is 3.28. The summed E-state index contributed by atoms with van der Waals surface area (Å²) in [5.41, 5.74) is 4.47. The number of ether oxygens (including phenoxy) is 1. The molecule has 1 saturated heterocycles. The molecule has 1 aliphatic rings. The van der Waals surface area contributed by atoms with Gasteiger partial charge in [-0.25, -0.2) is 4.98 Å². The van der Waals surface area contributed by atoms with Crippen LogP contribution in [0, 0.1) is 0 Å². The van der Waals surface area contributed by atoms with Crippen LogP contribution in [-0.2, 0) is 7.05 Å². The Balaban J connectivity index is 1.42. The Kier molecular flexibility index (Phi) is 5.07. The molecule has 0 amide bonds. The summed E-state index contributed by atoms with van der Waals surface area (Å²) in [6, 6.07) is 15.8. The molecule has 0 spiro atoms. The Hall–Kier alpha value is -4.11. The van der Waals surface area contributed by atoms with Crippen molar-refractivity contribution in [2.75, 3.05) is 30.4 Å². The minimum atomic E-state index is -0.220. The lowest BCUT2D eigenvalue weighted by Crippen LogP contribution is -2.35. The number of aliphatic hydroxyl groups is 1. The largest absolute Gasteiger partial charge is 0.494 e. The van der Waals surface area contributed by atoms with Crippen molar-refractivity contribution in [3.8, 4) is 5.75 Å². The van der Waals surface area contributed by atoms with Gasteiger partial charge in [-0.15, -0.1) is 0 Å². The fourth-order valence-electron chi connectivity index (χ4n) is 4.87. The number of anilines is 3. The van der Waals surface area contributed by atoms with Crippen LogP contribution in [0.3, 0.4) is 0 Å². The number of aryl methyl sites for hydroxylation is 1. The van der Waals surface area contributed by atoms with E-state index in [0.29, 0.717) is 28.4 Å². The van der Waals surface area contributed by atoms with Crippen molar-refractivity contribution < 1.29 is 9.84 Å². The third-order valence-corrected chi connectivity index (χ3v) is 6.82. The van der Waals surface area contributed by atoms with E-state index in [1.54, 1.807) is 24.9 Å². The van der Waals surface area contributed by atoms with Crippen LogP contribution >= 0.6 is 0 Å². The molecule has 0 atom stereocenters. The van der Waals surface area contributed by atoms with Crippen LogP contribution in [0.15, 0.2) is 59.5 Å². The molecule has 5 aromatic rings. The summed E-state index contributed by atoms with van der Waals surface area (Å²) >= 11 is 0. The molecule has 0 bridgehead atoms. The van der Waals surface area contributed by atoms with Crippen LogP contribution in [0.5, 0.6) is 5.75 Å². The Morgan fingerprint density at radius 2 is 1.86 bits per heavy atom. The lowest BCUT2D eigenvalue weighted by Gasteiger charge is -2.31. The zero-order valence-electron chi connectivity index (χ0n) is 19.6. The molecule has 9 nitrogen and oxygen atoms in total. The summed E-state index contributed by atoms with van der Waals surface area (Å²) in [5, 5.41) is 14.1. The molecule has 178 valence electrons. The third-order valence-electron chi connectivity index (χ3n) is 6.82. The van der Waals surface area contributed by atoms with Crippen LogP contribution in [0.1, 0.15) is 12.8 Å². The first-order valence-electron chi connectivity index (χ1n) is 11.7. The molecule has 6 rings (SSSR count). The third kappa shape index (κ3) is 3.55. The first-order chi connectivity index (χ1) is 17.0. The summed E-state index contributed by atoms with van der Waals surface area (Å²) in [5.74, 6) is 1.08. The molecule has 1 aliphatic heterocycles. The van der Waals surface area contributed by atoms with E-state index in [-0.39, 0.29) is 11.7 Å². The zero-order valence-corrected chi connectivity index (χ0v) is 19.6. The fraction of sp³-hybridized carbons (Fsp3) is 0.269. The van der Waals surface area contributed by atoms with Crippen molar-refractivity contribution in [3.63, 3.8) is 0 Å². The molecule has 0 saturated carbocycles. The van der Waals surface area contributed by atoms with Gasteiger partial charge in [-0.3, -0.25) is 9.20 Å². The van der Waals surface area contributed by atoms with E-state index in [9.17, 15) is 9.90 Å². The smallest absolute Gasteiger partial charge is 0.275 e. The normalized spacial score (nSPS) is 14.8. The molecule has 4 heterocycles. The molecule has 35 heavy (non-hydrogen) atoms. The van der Waals surface area contributed by atoms with Crippen molar-refractivity contribution in [3.05, 3.63) is 65.1 Å². The van der Waals surface area contributed by atoms with E-state index in [4.69, 9.17) is 9.72 Å². The Morgan fingerprint density at radius 1 is 1.06 bits per heavy atom. The van der Waals surface area contributed by atoms with E-state index < -0.39 is 0 Å². The van der Waals surface area contributed by atoms with Crippen molar-refractivity contribution >= 4 is 44.9 Å². The van der Waals surface area contributed by atoms with E-state index in [0.717, 1.165) is 48.2 Å². The van der Waals surface area contributed by atoms with Gasteiger partial charge in [0.1, 0.15) is 16.8 Å². The highest BCUT2D eigenvalue weighted by atomic mass is 16.5. The second-order valence-corrected chi connectivity index (χ2v) is 8.92. The van der Waals surface area contributed by atoms with Gasteiger partial charge in [-0.1, -0.05) is 18.2 Å². The first-order valence-corrected chi connectivity index (χ1v) is 11.7. The summed E-state index contributed by atoms with van der Waals surface area (Å²) in [4.78, 5) is 24.5. The molecule has 0 radical (unpaired) electrons. The number of rotatable bonds is 4. The van der Waals surface area contributed by atoms with Gasteiger partial charge in [-0.2, -0.15) is 4.98 Å². The molecule has 2 aromatic carbocycles. The topological polar surface area (TPSA) is 96.9 Å². The molecule has 1 fully saturated rings. The maximum Gasteiger partial charge on any atom is 0.275 e. The average molecular weight is 471 g/mol. The maximum atomic E-state index is 13.0. The summed E-state index contributed by atoms with van der Waals surface area (Å²) in [7, 11) is 3.37. The van der Waals surface area contributed by atoms with E-state index in [1.807, 2.05) is 52.9 Å². The van der Waals surface area contributed by atoms with Crippen molar-refractivity contribution in [2.45, 2.75) is 18.9 Å². The van der Waals surface area contributed by atoms with Gasteiger partial charge in [0.25, 0.3) is 5.56 Å². The van der Waals surface area contributed by atoms with Crippen molar-refractivity contribution in [1.82, 2.24) is 18.9 Å². The SMILES string of the molecule is COc1cc(N2CCC(O)CC2)ccc1Nc1ncc2c(n1)n1c(cc3ccccc31)c(=O)n2C. The van der Waals surface area contributed by atoms with Crippen molar-refractivity contribution in [1.29, 1.82) is 0 Å². The second-order valence-electron chi connectivity index (χ2n) is 8.92. The van der Waals surface area contributed by atoms with Gasteiger partial charge in [0.05, 0.1) is 30.6 Å². The van der Waals surface area contributed by atoms with Crippen LogP contribution in [-0.4, -0.2) is 50.3 Å². The quantitative estimate of drug-likeness (QED) is 0.415. The number of benzene rings is 2. The highest BCUT2D eigenvalue weighted by Gasteiger charge is 2.19. The van der Waals surface area contributed by atoms with Gasteiger partial charge < -0.3 is 24.6 Å². The number of aliphatic hydroxyl groups excluding tert-OH is 1. The van der Waals surface area contributed by atoms with Gasteiger partial charge in [0.15, 0.2) is 5.65 Å². The number of hydrogen-bond acceptors (Lipinski definition) is 7. The van der Waals surface area contributed by atoms with Crippen molar-refractivity contribution in [2.24, 2.45) is 7.05 Å². The van der Waals surface area contributed by atoms with E-state index in [2.05, 4.69) is 15.2 Å². The second kappa shape index (κ2) is 8.28. The summed E-state index contributed by atoms with van der Waals surface area (Å²) in [6.45, 7) is 1.62. The molecule has 0 aliphatic carbocycles. The summed E-state index contributed by atoms with van der Waals surface area (Å²) < 4.78 is 9.14. The minimum absolute atomic E-state index is 0.0968. The first kappa shape index (κ1) is 21.4. The number of methoxy groups -OCH3 is 1. The highest BCUT2D eigenvalue weighted by Crippen LogP contribution is 2.33. The molecule has 9 heteroatoms. The van der Waals surface area contributed by atoms with Gasteiger partial charge in [-0.05, 0) is 37.1 Å². The number of aromatic nitrogens is 4. The maximum absolute atomic E-state index is 13.0. The van der Waals surface area contributed by atoms with Gasteiger partial charge >= 0.3 is 0 Å². The van der Waals surface area contributed by atoms with Crippen LogP contribution < -0.4 is 20.5 Å². The number of fused-ring (bicyclic) bond motifs is 5. The summed E-state index contributed by atoms with van der Waals surface area (Å²) in [6.07, 6.45) is 2.97. The number of piperidine rings is 1. The number of nitrogens with one attached hydrogen (secondary N) is 1. The molecular formula is C26H26N6O3. The highest BCUT2D eigenvalue weighted by molar-refractivity contribution is 5.92. The van der Waals surface area contributed by atoms with Gasteiger partial charge in [0.2, 0.25) is 5.95 Å².